The van der Waals surface area contributed by atoms with Gasteiger partial charge in [0, 0.05) is 31.0 Å². The van der Waals surface area contributed by atoms with Crippen LogP contribution >= 0.6 is 0 Å². The van der Waals surface area contributed by atoms with E-state index in [1.54, 1.807) is 0 Å². The minimum absolute atomic E-state index is 0.151. The first-order chi connectivity index (χ1) is 17.5. The predicted octanol–water partition coefficient (Wildman–Crippen LogP) is 6.61. The quantitative estimate of drug-likeness (QED) is 0.412. The van der Waals surface area contributed by atoms with Crippen molar-refractivity contribution in [2.45, 2.75) is 82.0 Å². The number of phenols is 1. The van der Waals surface area contributed by atoms with Gasteiger partial charge in [-0.15, -0.1) is 0 Å². The molecule has 0 spiro atoms. The molecule has 0 amide bonds. The number of rotatable bonds is 7. The molecule has 3 aliphatic carbocycles. The number of aromatic nitrogens is 2. The van der Waals surface area contributed by atoms with Crippen LogP contribution in [-0.4, -0.2) is 20.7 Å². The molecule has 36 heavy (non-hydrogen) atoms. The molecule has 188 valence electrons. The van der Waals surface area contributed by atoms with Crippen LogP contribution in [0, 0.1) is 11.8 Å². The van der Waals surface area contributed by atoms with E-state index < -0.39 is 0 Å². The number of benzene rings is 2. The monoisotopic (exact) mass is 482 g/mol. The first-order valence-corrected chi connectivity index (χ1v) is 13.9. The third-order valence-electron chi connectivity index (χ3n) is 9.81. The van der Waals surface area contributed by atoms with Crippen LogP contribution in [0.1, 0.15) is 91.7 Å². The Morgan fingerprint density at radius 2 is 1.94 bits per heavy atom. The molecule has 0 unspecified atom stereocenters. The minimum Gasteiger partial charge on any atom is -0.508 e. The molecule has 1 aromatic heterocycles. The molecule has 4 nitrogen and oxygen atoms in total. The number of hydrogen-bond acceptors (Lipinski definition) is 3. The smallest absolute Gasteiger partial charge is 0.133 e. The van der Waals surface area contributed by atoms with Crippen molar-refractivity contribution in [3.63, 3.8) is 0 Å². The van der Waals surface area contributed by atoms with Gasteiger partial charge in [-0.05, 0) is 103 Å². The molecule has 1 heterocycles. The molecule has 6 rings (SSSR count). The molecule has 1 fully saturated rings. The molecular weight excluding hydrogens is 444 g/mol. The van der Waals surface area contributed by atoms with E-state index in [0.29, 0.717) is 48.0 Å². The first kappa shape index (κ1) is 23.5. The number of Topliss-reactive ketones (excluding diaryl/α,β-unsaturated/α-hetero) is 1. The first-order valence-electron chi connectivity index (χ1n) is 13.9. The number of carbonyl (C=O) groups excluding carboxylic acids is 1. The van der Waals surface area contributed by atoms with Gasteiger partial charge >= 0.3 is 0 Å². The summed E-state index contributed by atoms with van der Waals surface area (Å²) in [5.41, 5.74) is 7.10. The fourth-order valence-corrected chi connectivity index (χ4v) is 8.36. The molecule has 0 aliphatic heterocycles. The molecule has 0 saturated heterocycles. The highest BCUT2D eigenvalue weighted by molar-refractivity contribution is 5.78. The number of carbonyl (C=O) groups is 1. The summed E-state index contributed by atoms with van der Waals surface area (Å²) in [5.74, 6) is 3.07. The van der Waals surface area contributed by atoms with Crippen molar-refractivity contribution in [3.05, 3.63) is 82.7 Å². The minimum atomic E-state index is 0.151. The number of hydrogen-bond donors (Lipinski definition) is 1. The third-order valence-corrected chi connectivity index (χ3v) is 9.81. The SMILES string of the molecule is Cn1ncc2c1[C@@]1(C)CC[C@@H]3c4ccc(O)cc4CC[C@H]3[C@@H]1[C@@H]2CCCC(=O)CCc1ccccc1. The van der Waals surface area contributed by atoms with Crippen LogP contribution in [0.15, 0.2) is 54.7 Å². The van der Waals surface area contributed by atoms with Crippen molar-refractivity contribution in [2.24, 2.45) is 18.9 Å². The van der Waals surface area contributed by atoms with Gasteiger partial charge in [0.15, 0.2) is 0 Å². The summed E-state index contributed by atoms with van der Waals surface area (Å²) in [4.78, 5) is 12.7. The lowest BCUT2D eigenvalue weighted by atomic mass is 9.53. The standard InChI is InChI=1S/C32H38N2O2/c1-32-18-17-26-25-16-14-24(36)19-22(25)12-15-28(26)30(32)27(29-20-33-34(2)31(29)32)10-6-9-23(35)13-11-21-7-4-3-5-8-21/h3-5,7-8,14,16,19-20,26-28,30,36H,6,9-13,15,17-18H2,1-2H3/t26-,27-,28-,30+,32+/m1/s1. The number of aromatic hydroxyl groups is 1. The van der Waals surface area contributed by atoms with Crippen molar-refractivity contribution in [2.75, 3.05) is 0 Å². The summed E-state index contributed by atoms with van der Waals surface area (Å²) < 4.78 is 2.14. The molecule has 3 aliphatic rings. The Bertz CT molecular complexity index is 1260. The fourth-order valence-electron chi connectivity index (χ4n) is 8.36. The Kier molecular flexibility index (Phi) is 6.02. The Morgan fingerprint density at radius 3 is 2.78 bits per heavy atom. The van der Waals surface area contributed by atoms with E-state index in [0.717, 1.165) is 25.7 Å². The predicted molar refractivity (Wildman–Crippen MR) is 142 cm³/mol. The molecule has 3 aromatic rings. The number of phenolic OH excluding ortho intramolecular Hbond substituents is 1. The normalized spacial score (nSPS) is 28.2. The fraction of sp³-hybridized carbons (Fsp3) is 0.500. The summed E-state index contributed by atoms with van der Waals surface area (Å²) >= 11 is 0. The van der Waals surface area contributed by atoms with Crippen LogP contribution in [-0.2, 0) is 30.1 Å². The Hall–Kier alpha value is -2.88. The Labute approximate surface area is 214 Å². The highest BCUT2D eigenvalue weighted by Crippen LogP contribution is 2.64. The van der Waals surface area contributed by atoms with E-state index >= 15 is 0 Å². The lowest BCUT2D eigenvalue weighted by Gasteiger charge is -2.51. The van der Waals surface area contributed by atoms with E-state index in [1.165, 1.54) is 47.2 Å². The zero-order valence-electron chi connectivity index (χ0n) is 21.6. The Morgan fingerprint density at radius 1 is 1.11 bits per heavy atom. The van der Waals surface area contributed by atoms with Gasteiger partial charge in [0.05, 0.1) is 6.20 Å². The van der Waals surface area contributed by atoms with E-state index in [-0.39, 0.29) is 5.41 Å². The topological polar surface area (TPSA) is 55.1 Å². The maximum Gasteiger partial charge on any atom is 0.133 e. The highest BCUT2D eigenvalue weighted by atomic mass is 16.3. The van der Waals surface area contributed by atoms with Gasteiger partial charge in [0.2, 0.25) is 0 Å². The number of aryl methyl sites for hydroxylation is 3. The van der Waals surface area contributed by atoms with Crippen molar-refractivity contribution in [1.82, 2.24) is 9.78 Å². The second kappa shape index (κ2) is 9.21. The van der Waals surface area contributed by atoms with Gasteiger partial charge in [0.25, 0.3) is 0 Å². The summed E-state index contributed by atoms with van der Waals surface area (Å²) in [6.45, 7) is 2.49. The molecule has 1 saturated carbocycles. The zero-order chi connectivity index (χ0) is 24.9. The second-order valence-electron chi connectivity index (χ2n) is 11.8. The van der Waals surface area contributed by atoms with E-state index in [4.69, 9.17) is 5.10 Å². The van der Waals surface area contributed by atoms with Gasteiger partial charge in [0.1, 0.15) is 11.5 Å². The van der Waals surface area contributed by atoms with Crippen LogP contribution in [0.2, 0.25) is 0 Å². The van der Waals surface area contributed by atoms with Crippen LogP contribution < -0.4 is 0 Å². The van der Waals surface area contributed by atoms with Crippen molar-refractivity contribution >= 4 is 5.78 Å². The highest BCUT2D eigenvalue weighted by Gasteiger charge is 2.58. The van der Waals surface area contributed by atoms with Gasteiger partial charge in [-0.2, -0.15) is 5.10 Å². The summed E-state index contributed by atoms with van der Waals surface area (Å²) in [7, 11) is 2.11. The largest absolute Gasteiger partial charge is 0.508 e. The Balaban J connectivity index is 1.20. The van der Waals surface area contributed by atoms with Crippen LogP contribution in [0.4, 0.5) is 0 Å². The molecule has 4 heteroatoms. The van der Waals surface area contributed by atoms with Gasteiger partial charge < -0.3 is 5.11 Å². The molecule has 1 N–H and O–H groups in total. The van der Waals surface area contributed by atoms with Gasteiger partial charge in [-0.3, -0.25) is 9.48 Å². The van der Waals surface area contributed by atoms with E-state index in [9.17, 15) is 9.90 Å². The van der Waals surface area contributed by atoms with Crippen LogP contribution in [0.5, 0.6) is 5.75 Å². The number of fused-ring (bicyclic) bond motifs is 7. The molecule has 2 aromatic carbocycles. The number of ketones is 1. The van der Waals surface area contributed by atoms with Crippen molar-refractivity contribution in [3.8, 4) is 5.75 Å². The molecular formula is C32H38N2O2. The maximum absolute atomic E-state index is 12.7. The van der Waals surface area contributed by atoms with Crippen molar-refractivity contribution < 1.29 is 9.90 Å². The summed E-state index contributed by atoms with van der Waals surface area (Å²) in [6.07, 6.45) is 10.9. The summed E-state index contributed by atoms with van der Waals surface area (Å²) in [6, 6.07) is 16.4. The molecule has 5 atom stereocenters. The molecule has 0 radical (unpaired) electrons. The maximum atomic E-state index is 12.7. The van der Waals surface area contributed by atoms with E-state index in [2.05, 4.69) is 43.0 Å². The second-order valence-corrected chi connectivity index (χ2v) is 11.8. The lowest BCUT2D eigenvalue weighted by molar-refractivity contribution is -0.119. The van der Waals surface area contributed by atoms with Gasteiger partial charge in [-0.1, -0.05) is 43.3 Å². The third kappa shape index (κ3) is 3.90. The van der Waals surface area contributed by atoms with Crippen LogP contribution in [0.3, 0.4) is 0 Å². The zero-order valence-corrected chi connectivity index (χ0v) is 21.6. The number of nitrogens with zero attached hydrogens (tertiary/aromatic N) is 2. The van der Waals surface area contributed by atoms with E-state index in [1.807, 2.05) is 30.3 Å². The van der Waals surface area contributed by atoms with Crippen molar-refractivity contribution in [1.29, 1.82) is 0 Å². The van der Waals surface area contributed by atoms with Gasteiger partial charge in [-0.25, -0.2) is 0 Å². The van der Waals surface area contributed by atoms with Crippen LogP contribution in [0.25, 0.3) is 0 Å². The molecule has 0 bridgehead atoms. The average Bonchev–Trinajstić information content (AvgIpc) is 3.39. The summed E-state index contributed by atoms with van der Waals surface area (Å²) in [5, 5.41) is 14.7. The average molecular weight is 483 g/mol. The lowest BCUT2D eigenvalue weighted by Crippen LogP contribution is -2.45.